The van der Waals surface area contributed by atoms with Gasteiger partial charge in [0.2, 0.25) is 0 Å². The zero-order valence-electron chi connectivity index (χ0n) is 12.9. The van der Waals surface area contributed by atoms with Crippen LogP contribution in [0.4, 0.5) is 26.3 Å². The van der Waals surface area contributed by atoms with Crippen molar-refractivity contribution >= 4 is 0 Å². The van der Waals surface area contributed by atoms with E-state index < -0.39 is 29.6 Å². The van der Waals surface area contributed by atoms with Crippen molar-refractivity contribution in [2.75, 3.05) is 0 Å². The molecule has 0 aliphatic heterocycles. The Kier molecular flexibility index (Phi) is 5.26. The lowest BCUT2D eigenvalue weighted by Gasteiger charge is -2.48. The van der Waals surface area contributed by atoms with Crippen LogP contribution in [0.15, 0.2) is 0 Å². The molecule has 2 saturated carbocycles. The van der Waals surface area contributed by atoms with Crippen LogP contribution in [0.25, 0.3) is 0 Å². The van der Waals surface area contributed by atoms with Crippen LogP contribution in [0, 0.1) is 11.8 Å². The van der Waals surface area contributed by atoms with Crippen molar-refractivity contribution in [1.82, 2.24) is 0 Å². The molecule has 0 aromatic heterocycles. The summed E-state index contributed by atoms with van der Waals surface area (Å²) in [5.74, 6) is -8.01. The highest BCUT2D eigenvalue weighted by Gasteiger charge is 2.75. The molecule has 4 N–H and O–H groups in total. The first-order chi connectivity index (χ1) is 10.5. The zero-order chi connectivity index (χ0) is 17.5. The van der Waals surface area contributed by atoms with Crippen molar-refractivity contribution in [3.63, 3.8) is 0 Å². The third-order valence-corrected chi connectivity index (χ3v) is 5.57. The van der Waals surface area contributed by atoms with Gasteiger partial charge < -0.3 is 11.5 Å². The van der Waals surface area contributed by atoms with E-state index in [0.29, 0.717) is 0 Å². The van der Waals surface area contributed by atoms with Crippen molar-refractivity contribution in [3.8, 4) is 0 Å². The van der Waals surface area contributed by atoms with E-state index in [1.54, 1.807) is 0 Å². The van der Waals surface area contributed by atoms with E-state index in [1.165, 1.54) is 0 Å². The van der Waals surface area contributed by atoms with Gasteiger partial charge in [-0.1, -0.05) is 0 Å². The van der Waals surface area contributed by atoms with E-state index >= 15 is 4.39 Å². The molecule has 0 radical (unpaired) electrons. The predicted octanol–water partition coefficient (Wildman–Crippen LogP) is 3.93. The number of alkyl halides is 6. The highest BCUT2D eigenvalue weighted by Crippen LogP contribution is 2.57. The standard InChI is InChI=1S/C15H24F6N2/c16-13(14(17,18)15(19,20)21,9-1-5-11(22)6-2-9)10-3-7-12(23)8-4-10/h9-12H,1-8,22-23H2. The minimum atomic E-state index is -5.90. The maximum absolute atomic E-state index is 15.5. The minimum absolute atomic E-state index is 0.0358. The van der Waals surface area contributed by atoms with Gasteiger partial charge in [-0.15, -0.1) is 0 Å². The lowest BCUT2D eigenvalue weighted by molar-refractivity contribution is -0.349. The molecule has 0 atom stereocenters. The molecular weight excluding hydrogens is 322 g/mol. The maximum atomic E-state index is 15.5. The van der Waals surface area contributed by atoms with Crippen LogP contribution in [-0.4, -0.2) is 29.9 Å². The average Bonchev–Trinajstić information content (AvgIpc) is 2.46. The number of halogens is 6. The first kappa shape index (κ1) is 18.8. The van der Waals surface area contributed by atoms with Crippen LogP contribution in [0.3, 0.4) is 0 Å². The number of hydrogen-bond acceptors (Lipinski definition) is 2. The Morgan fingerprint density at radius 2 is 0.870 bits per heavy atom. The molecule has 0 bridgehead atoms. The van der Waals surface area contributed by atoms with Gasteiger partial charge in [0.25, 0.3) is 0 Å². The van der Waals surface area contributed by atoms with Crippen LogP contribution >= 0.6 is 0 Å². The first-order valence-electron chi connectivity index (χ1n) is 8.14. The SMILES string of the molecule is NC1CCC(C(F)(C2CCC(N)CC2)C(F)(F)C(F)(F)F)CC1. The first-order valence-corrected chi connectivity index (χ1v) is 8.14. The summed E-state index contributed by atoms with van der Waals surface area (Å²) in [6.45, 7) is 0. The molecule has 0 aromatic carbocycles. The molecule has 0 unspecified atom stereocenters. The molecule has 0 heterocycles. The van der Waals surface area contributed by atoms with Gasteiger partial charge in [0.1, 0.15) is 0 Å². The fourth-order valence-electron chi connectivity index (χ4n) is 4.14. The van der Waals surface area contributed by atoms with Gasteiger partial charge in [0.05, 0.1) is 0 Å². The van der Waals surface area contributed by atoms with Gasteiger partial charge in [-0.2, -0.15) is 22.0 Å². The van der Waals surface area contributed by atoms with Gasteiger partial charge >= 0.3 is 12.1 Å². The molecule has 2 rings (SSSR count). The van der Waals surface area contributed by atoms with Gasteiger partial charge in [0, 0.05) is 12.1 Å². The lowest BCUT2D eigenvalue weighted by Crippen LogP contribution is -2.63. The van der Waals surface area contributed by atoms with Crippen molar-refractivity contribution < 1.29 is 26.3 Å². The fourth-order valence-corrected chi connectivity index (χ4v) is 4.14. The Morgan fingerprint density at radius 1 is 0.565 bits per heavy atom. The van der Waals surface area contributed by atoms with E-state index in [2.05, 4.69) is 0 Å². The highest BCUT2D eigenvalue weighted by molar-refractivity contribution is 5.08. The molecule has 2 aliphatic carbocycles. The Morgan fingerprint density at radius 3 is 1.13 bits per heavy atom. The molecule has 23 heavy (non-hydrogen) atoms. The zero-order valence-corrected chi connectivity index (χ0v) is 12.9. The Hall–Kier alpha value is -0.500. The van der Waals surface area contributed by atoms with Crippen molar-refractivity contribution in [2.45, 2.75) is 81.2 Å². The third-order valence-electron chi connectivity index (χ3n) is 5.57. The maximum Gasteiger partial charge on any atom is 0.456 e. The summed E-state index contributed by atoms with van der Waals surface area (Å²) < 4.78 is 82.8. The molecule has 2 aliphatic rings. The smallest absolute Gasteiger partial charge is 0.328 e. The summed E-state index contributed by atoms with van der Waals surface area (Å²) in [4.78, 5) is 0. The van der Waals surface area contributed by atoms with Crippen molar-refractivity contribution in [3.05, 3.63) is 0 Å². The topological polar surface area (TPSA) is 52.0 Å². The van der Waals surface area contributed by atoms with E-state index in [9.17, 15) is 22.0 Å². The molecule has 0 amide bonds. The normalized spacial score (nSPS) is 36.5. The monoisotopic (exact) mass is 346 g/mol. The molecule has 2 nitrogen and oxygen atoms in total. The Labute approximate surface area is 132 Å². The Bertz CT molecular complexity index is 373. The highest BCUT2D eigenvalue weighted by atomic mass is 19.4. The molecule has 136 valence electrons. The van der Waals surface area contributed by atoms with E-state index in [0.717, 1.165) is 0 Å². The van der Waals surface area contributed by atoms with Crippen LogP contribution in [0.2, 0.25) is 0 Å². The van der Waals surface area contributed by atoms with Gasteiger partial charge in [0.15, 0.2) is 5.67 Å². The molecule has 2 fully saturated rings. The van der Waals surface area contributed by atoms with Gasteiger partial charge in [-0.3, -0.25) is 0 Å². The molecule has 0 spiro atoms. The second-order valence-corrected chi connectivity index (χ2v) is 7.06. The Balaban J connectivity index is 2.34. The van der Waals surface area contributed by atoms with Crippen molar-refractivity contribution in [2.24, 2.45) is 23.3 Å². The summed E-state index contributed by atoms with van der Waals surface area (Å²) in [6.07, 6.45) is -4.95. The molecule has 8 heteroatoms. The van der Waals surface area contributed by atoms with Crippen LogP contribution < -0.4 is 11.5 Å². The van der Waals surface area contributed by atoms with Crippen LogP contribution in [0.5, 0.6) is 0 Å². The average molecular weight is 346 g/mol. The summed E-state index contributed by atoms with van der Waals surface area (Å²) in [6, 6.07) is -0.510. The lowest BCUT2D eigenvalue weighted by atomic mass is 9.63. The van der Waals surface area contributed by atoms with Crippen LogP contribution in [0.1, 0.15) is 51.4 Å². The van der Waals surface area contributed by atoms with Crippen molar-refractivity contribution in [1.29, 1.82) is 0 Å². The largest absolute Gasteiger partial charge is 0.456 e. The van der Waals surface area contributed by atoms with E-state index in [4.69, 9.17) is 11.5 Å². The second-order valence-electron chi connectivity index (χ2n) is 7.06. The molecule has 0 aromatic rings. The van der Waals surface area contributed by atoms with Crippen LogP contribution in [-0.2, 0) is 0 Å². The number of nitrogens with two attached hydrogens (primary N) is 2. The van der Waals surface area contributed by atoms with E-state index in [1.807, 2.05) is 0 Å². The quantitative estimate of drug-likeness (QED) is 0.761. The molecule has 0 saturated heterocycles. The van der Waals surface area contributed by atoms with E-state index in [-0.39, 0.29) is 63.5 Å². The number of rotatable bonds is 3. The third kappa shape index (κ3) is 3.34. The fraction of sp³-hybridized carbons (Fsp3) is 1.00. The number of hydrogen-bond donors (Lipinski definition) is 2. The van der Waals surface area contributed by atoms with Gasteiger partial charge in [-0.05, 0) is 63.2 Å². The summed E-state index contributed by atoms with van der Waals surface area (Å²) in [7, 11) is 0. The summed E-state index contributed by atoms with van der Waals surface area (Å²) in [5.41, 5.74) is 7.79. The predicted molar refractivity (Wildman–Crippen MR) is 74.7 cm³/mol. The summed E-state index contributed by atoms with van der Waals surface area (Å²) in [5, 5.41) is 0. The second kappa shape index (κ2) is 6.43. The summed E-state index contributed by atoms with van der Waals surface area (Å²) >= 11 is 0. The van der Waals surface area contributed by atoms with Gasteiger partial charge in [-0.25, -0.2) is 4.39 Å². The minimum Gasteiger partial charge on any atom is -0.328 e. The molecular formula is C15H24F6N2.